The monoisotopic (exact) mass is 364 g/mol. The topological polar surface area (TPSA) is 55.1 Å². The minimum atomic E-state index is 0.0346. The molecule has 3 aromatic rings. The lowest BCUT2D eigenvalue weighted by atomic mass is 9.87. The lowest BCUT2D eigenvalue weighted by Crippen LogP contribution is -2.21. The van der Waals surface area contributed by atoms with E-state index in [0.29, 0.717) is 11.5 Å². The minimum absolute atomic E-state index is 0.0346. The number of benzene rings is 2. The van der Waals surface area contributed by atoms with Crippen LogP contribution in [0.15, 0.2) is 46.9 Å². The molecule has 1 N–H and O–H groups in total. The molecule has 0 unspecified atom stereocenters. The maximum absolute atomic E-state index is 12.3. The molecule has 1 aromatic heterocycles. The zero-order valence-electron chi connectivity index (χ0n) is 16.8. The Bertz CT molecular complexity index is 929. The standard InChI is InChI=1S/C23H28N2O2/c1-6-15(7-2)21(26)24-18-12-13-19-20(14-18)27-22(25-19)16-8-10-17(11-9-16)23(3,4)5/h8-15H,6-7H2,1-5H3,(H,24,26). The summed E-state index contributed by atoms with van der Waals surface area (Å²) in [6, 6.07) is 13.9. The number of nitrogens with zero attached hydrogens (tertiary/aromatic N) is 1. The van der Waals surface area contributed by atoms with Crippen LogP contribution in [-0.4, -0.2) is 10.9 Å². The second-order valence-corrected chi connectivity index (χ2v) is 8.03. The number of nitrogens with one attached hydrogen (secondary N) is 1. The summed E-state index contributed by atoms with van der Waals surface area (Å²) in [5.41, 5.74) is 4.53. The molecule has 0 saturated heterocycles. The molecule has 1 heterocycles. The predicted octanol–water partition coefficient (Wildman–Crippen LogP) is 6.17. The summed E-state index contributed by atoms with van der Waals surface area (Å²) in [6.07, 6.45) is 1.67. The molecule has 0 fully saturated rings. The van der Waals surface area contributed by atoms with Crippen LogP contribution < -0.4 is 5.32 Å². The third-order valence-corrected chi connectivity index (χ3v) is 5.01. The van der Waals surface area contributed by atoms with Gasteiger partial charge in [-0.15, -0.1) is 0 Å². The van der Waals surface area contributed by atoms with Crippen molar-refractivity contribution in [2.75, 3.05) is 5.32 Å². The third-order valence-electron chi connectivity index (χ3n) is 5.01. The Morgan fingerprint density at radius 3 is 2.33 bits per heavy atom. The second kappa shape index (κ2) is 7.55. The molecule has 27 heavy (non-hydrogen) atoms. The highest BCUT2D eigenvalue weighted by atomic mass is 16.3. The molecule has 0 saturated carbocycles. The Labute approximate surface area is 161 Å². The molecule has 0 radical (unpaired) electrons. The summed E-state index contributed by atoms with van der Waals surface area (Å²) in [4.78, 5) is 16.9. The Morgan fingerprint density at radius 2 is 1.74 bits per heavy atom. The molecule has 3 rings (SSSR count). The quantitative estimate of drug-likeness (QED) is 0.589. The fraction of sp³-hybridized carbons (Fsp3) is 0.391. The molecule has 0 aliphatic rings. The van der Waals surface area contributed by atoms with E-state index in [9.17, 15) is 4.79 Å². The highest BCUT2D eigenvalue weighted by molar-refractivity contribution is 5.94. The number of fused-ring (bicyclic) bond motifs is 1. The maximum Gasteiger partial charge on any atom is 0.227 e. The number of hydrogen-bond acceptors (Lipinski definition) is 3. The van der Waals surface area contributed by atoms with Crippen LogP contribution >= 0.6 is 0 Å². The van der Waals surface area contributed by atoms with Gasteiger partial charge in [-0.3, -0.25) is 4.79 Å². The van der Waals surface area contributed by atoms with Gasteiger partial charge in [0.2, 0.25) is 11.8 Å². The van der Waals surface area contributed by atoms with Crippen molar-refractivity contribution in [2.45, 2.75) is 52.9 Å². The highest BCUT2D eigenvalue weighted by Crippen LogP contribution is 2.29. The van der Waals surface area contributed by atoms with Crippen molar-refractivity contribution in [3.8, 4) is 11.5 Å². The zero-order chi connectivity index (χ0) is 19.6. The van der Waals surface area contributed by atoms with E-state index in [-0.39, 0.29) is 17.2 Å². The smallest absolute Gasteiger partial charge is 0.227 e. The largest absolute Gasteiger partial charge is 0.436 e. The minimum Gasteiger partial charge on any atom is -0.436 e. The fourth-order valence-electron chi connectivity index (χ4n) is 3.14. The van der Waals surface area contributed by atoms with Gasteiger partial charge in [-0.1, -0.05) is 46.8 Å². The van der Waals surface area contributed by atoms with E-state index in [4.69, 9.17) is 4.42 Å². The van der Waals surface area contributed by atoms with E-state index in [0.717, 1.165) is 29.6 Å². The van der Waals surface area contributed by atoms with E-state index in [2.05, 4.69) is 43.2 Å². The molecule has 0 spiro atoms. The SMILES string of the molecule is CCC(CC)C(=O)Nc1ccc2nc(-c3ccc(C(C)(C)C)cc3)oc2c1. The summed E-state index contributed by atoms with van der Waals surface area (Å²) in [6.45, 7) is 10.6. The van der Waals surface area contributed by atoms with Crippen LogP contribution in [0.4, 0.5) is 5.69 Å². The van der Waals surface area contributed by atoms with Crippen LogP contribution in [0.25, 0.3) is 22.6 Å². The Balaban J connectivity index is 1.84. The molecule has 2 aromatic carbocycles. The number of carbonyl (C=O) groups excluding carboxylic acids is 1. The van der Waals surface area contributed by atoms with E-state index >= 15 is 0 Å². The number of rotatable bonds is 5. The number of aromatic nitrogens is 1. The Kier molecular flexibility index (Phi) is 5.36. The van der Waals surface area contributed by atoms with Gasteiger partial charge in [-0.25, -0.2) is 4.98 Å². The summed E-state index contributed by atoms with van der Waals surface area (Å²) < 4.78 is 5.95. The van der Waals surface area contributed by atoms with Gasteiger partial charge in [0.1, 0.15) is 5.52 Å². The van der Waals surface area contributed by atoms with E-state index in [1.807, 2.05) is 44.2 Å². The average Bonchev–Trinajstić information content (AvgIpc) is 3.05. The summed E-state index contributed by atoms with van der Waals surface area (Å²) in [7, 11) is 0. The normalized spacial score (nSPS) is 11.9. The van der Waals surface area contributed by atoms with E-state index in [1.165, 1.54) is 5.56 Å². The maximum atomic E-state index is 12.3. The first-order chi connectivity index (χ1) is 12.8. The van der Waals surface area contributed by atoms with Gasteiger partial charge in [0.25, 0.3) is 0 Å². The molecule has 142 valence electrons. The van der Waals surface area contributed by atoms with Crippen LogP contribution in [-0.2, 0) is 10.2 Å². The molecule has 1 amide bonds. The zero-order valence-corrected chi connectivity index (χ0v) is 16.8. The molecule has 0 aliphatic carbocycles. The van der Waals surface area contributed by atoms with Gasteiger partial charge >= 0.3 is 0 Å². The van der Waals surface area contributed by atoms with Crippen molar-refractivity contribution in [3.05, 3.63) is 48.0 Å². The molecule has 4 nitrogen and oxygen atoms in total. The number of carbonyl (C=O) groups is 1. The summed E-state index contributed by atoms with van der Waals surface area (Å²) in [5, 5.41) is 2.98. The highest BCUT2D eigenvalue weighted by Gasteiger charge is 2.16. The van der Waals surface area contributed by atoms with Gasteiger partial charge in [0, 0.05) is 23.2 Å². The van der Waals surface area contributed by atoms with Gasteiger partial charge < -0.3 is 9.73 Å². The lowest BCUT2D eigenvalue weighted by Gasteiger charge is -2.18. The lowest BCUT2D eigenvalue weighted by molar-refractivity contribution is -0.120. The third kappa shape index (κ3) is 4.21. The summed E-state index contributed by atoms with van der Waals surface area (Å²) in [5.74, 6) is 0.679. The molecule has 4 heteroatoms. The second-order valence-electron chi connectivity index (χ2n) is 8.03. The van der Waals surface area contributed by atoms with Gasteiger partial charge in [0.05, 0.1) is 0 Å². The van der Waals surface area contributed by atoms with Crippen molar-refractivity contribution >= 4 is 22.7 Å². The van der Waals surface area contributed by atoms with Gasteiger partial charge in [-0.2, -0.15) is 0 Å². The molecular formula is C23H28N2O2. The molecular weight excluding hydrogens is 336 g/mol. The van der Waals surface area contributed by atoms with Gasteiger partial charge in [-0.05, 0) is 48.1 Å². The fourth-order valence-corrected chi connectivity index (χ4v) is 3.14. The number of oxazole rings is 1. The van der Waals surface area contributed by atoms with Crippen LogP contribution in [0.5, 0.6) is 0 Å². The van der Waals surface area contributed by atoms with E-state index in [1.54, 1.807) is 0 Å². The first kappa shape index (κ1) is 19.2. The van der Waals surface area contributed by atoms with Crippen LogP contribution in [0.2, 0.25) is 0 Å². The van der Waals surface area contributed by atoms with E-state index < -0.39 is 0 Å². The van der Waals surface area contributed by atoms with Crippen LogP contribution in [0, 0.1) is 5.92 Å². The molecule has 0 bridgehead atoms. The average molecular weight is 364 g/mol. The van der Waals surface area contributed by atoms with Crippen molar-refractivity contribution < 1.29 is 9.21 Å². The van der Waals surface area contributed by atoms with Crippen molar-refractivity contribution in [1.29, 1.82) is 0 Å². The number of hydrogen-bond donors (Lipinski definition) is 1. The predicted molar refractivity (Wildman–Crippen MR) is 111 cm³/mol. The number of amides is 1. The Morgan fingerprint density at radius 1 is 1.07 bits per heavy atom. The van der Waals surface area contributed by atoms with Crippen molar-refractivity contribution in [1.82, 2.24) is 4.98 Å². The van der Waals surface area contributed by atoms with Crippen LogP contribution in [0.1, 0.15) is 53.0 Å². The van der Waals surface area contributed by atoms with Crippen molar-refractivity contribution in [3.63, 3.8) is 0 Å². The Hall–Kier alpha value is -2.62. The molecule has 0 atom stereocenters. The van der Waals surface area contributed by atoms with Gasteiger partial charge in [0.15, 0.2) is 5.58 Å². The van der Waals surface area contributed by atoms with Crippen LogP contribution in [0.3, 0.4) is 0 Å². The molecule has 0 aliphatic heterocycles. The summed E-state index contributed by atoms with van der Waals surface area (Å²) >= 11 is 0. The van der Waals surface area contributed by atoms with Crippen molar-refractivity contribution in [2.24, 2.45) is 5.92 Å². The first-order valence-corrected chi connectivity index (χ1v) is 9.64. The number of anilines is 1. The first-order valence-electron chi connectivity index (χ1n) is 9.64.